The zero-order valence-corrected chi connectivity index (χ0v) is 11.1. The topological polar surface area (TPSA) is 43.4 Å². The Hall–Kier alpha value is -2.68. The van der Waals surface area contributed by atoms with Crippen molar-refractivity contribution in [1.29, 1.82) is 0 Å². The molecule has 0 saturated heterocycles. The van der Waals surface area contributed by atoms with Crippen molar-refractivity contribution in [3.63, 3.8) is 0 Å². The van der Waals surface area contributed by atoms with Gasteiger partial charge in [-0.3, -0.25) is 4.79 Å². The second kappa shape index (κ2) is 6.48. The third-order valence-corrected chi connectivity index (χ3v) is 2.83. The predicted molar refractivity (Wildman–Crippen MR) is 77.2 cm³/mol. The zero-order valence-electron chi connectivity index (χ0n) is 11.1. The van der Waals surface area contributed by atoms with E-state index in [0.717, 1.165) is 0 Å². The van der Waals surface area contributed by atoms with Gasteiger partial charge in [-0.2, -0.15) is 0 Å². The first-order valence-corrected chi connectivity index (χ1v) is 6.17. The maximum absolute atomic E-state index is 12.5. The first kappa shape index (κ1) is 13.7. The Kier molecular flexibility index (Phi) is 4.45. The van der Waals surface area contributed by atoms with E-state index >= 15 is 0 Å². The summed E-state index contributed by atoms with van der Waals surface area (Å²) in [5.74, 6) is -0.754. The molecule has 2 rings (SSSR count). The maximum atomic E-state index is 12.5. The molecule has 0 bridgehead atoms. The number of benzene rings is 2. The van der Waals surface area contributed by atoms with Gasteiger partial charge in [0.05, 0.1) is 7.11 Å². The molecule has 100 valence electrons. The number of carbonyl (C=O) groups excluding carboxylic acids is 2. The normalized spacial score (nSPS) is 10.9. The summed E-state index contributed by atoms with van der Waals surface area (Å²) < 4.78 is 4.62. The summed E-state index contributed by atoms with van der Waals surface area (Å²) in [7, 11) is 1.29. The summed E-state index contributed by atoms with van der Waals surface area (Å²) in [6, 6.07) is 17.9. The number of hydrogen-bond acceptors (Lipinski definition) is 3. The van der Waals surface area contributed by atoms with Crippen molar-refractivity contribution in [2.24, 2.45) is 0 Å². The van der Waals surface area contributed by atoms with Gasteiger partial charge in [-0.15, -0.1) is 0 Å². The van der Waals surface area contributed by atoms with Crippen molar-refractivity contribution in [3.05, 3.63) is 77.9 Å². The van der Waals surface area contributed by atoms with Crippen molar-refractivity contribution in [3.8, 4) is 0 Å². The average Bonchev–Trinajstić information content (AvgIpc) is 2.53. The quantitative estimate of drug-likeness (QED) is 0.485. The highest BCUT2D eigenvalue weighted by molar-refractivity contribution is 6.31. The highest BCUT2D eigenvalue weighted by atomic mass is 16.5. The molecule has 0 aliphatic heterocycles. The summed E-state index contributed by atoms with van der Waals surface area (Å²) in [5.41, 5.74) is 1.54. The molecule has 0 fully saturated rings. The van der Waals surface area contributed by atoms with E-state index in [2.05, 4.69) is 4.74 Å². The molecule has 0 aliphatic carbocycles. The number of allylic oxidation sites excluding steroid dienone is 1. The largest absolute Gasteiger partial charge is 0.466 e. The molecular weight excluding hydrogens is 252 g/mol. The van der Waals surface area contributed by atoms with Crippen LogP contribution < -0.4 is 0 Å². The Balaban J connectivity index is 2.45. The number of Topliss-reactive ketones (excluding diaryl/α,β-unsaturated/α-hetero) is 1. The van der Waals surface area contributed by atoms with Gasteiger partial charge in [0, 0.05) is 17.2 Å². The van der Waals surface area contributed by atoms with Crippen molar-refractivity contribution in [2.75, 3.05) is 7.11 Å². The fourth-order valence-corrected chi connectivity index (χ4v) is 1.82. The first-order chi connectivity index (χ1) is 9.72. The SMILES string of the molecule is COC(=O)/C=C(\C(=O)c1ccccc1)c1ccccc1. The van der Waals surface area contributed by atoms with Crippen molar-refractivity contribution < 1.29 is 14.3 Å². The molecule has 3 nitrogen and oxygen atoms in total. The molecule has 2 aromatic rings. The van der Waals surface area contributed by atoms with Crippen LogP contribution in [0, 0.1) is 0 Å². The molecule has 0 saturated carbocycles. The number of ketones is 1. The Bertz CT molecular complexity index is 628. The predicted octanol–water partition coefficient (Wildman–Crippen LogP) is 3.13. The highest BCUT2D eigenvalue weighted by Crippen LogP contribution is 2.19. The van der Waals surface area contributed by atoms with Crippen LogP contribution in [0.5, 0.6) is 0 Å². The lowest BCUT2D eigenvalue weighted by molar-refractivity contribution is -0.134. The van der Waals surface area contributed by atoms with Crippen molar-refractivity contribution in [2.45, 2.75) is 0 Å². The number of carbonyl (C=O) groups is 2. The molecule has 0 aromatic heterocycles. The van der Waals surface area contributed by atoms with E-state index in [-0.39, 0.29) is 5.78 Å². The van der Waals surface area contributed by atoms with E-state index in [9.17, 15) is 9.59 Å². The number of ether oxygens (including phenoxy) is 1. The summed E-state index contributed by atoms with van der Waals surface area (Å²) in [5, 5.41) is 0. The second-order valence-electron chi connectivity index (χ2n) is 4.14. The van der Waals surface area contributed by atoms with E-state index < -0.39 is 5.97 Å². The Labute approximate surface area is 117 Å². The van der Waals surface area contributed by atoms with Crippen LogP contribution in [0.3, 0.4) is 0 Å². The smallest absolute Gasteiger partial charge is 0.331 e. The summed E-state index contributed by atoms with van der Waals surface area (Å²) in [6.45, 7) is 0. The van der Waals surface area contributed by atoms with Crippen LogP contribution in [0.15, 0.2) is 66.7 Å². The van der Waals surface area contributed by atoms with Gasteiger partial charge < -0.3 is 4.74 Å². The maximum Gasteiger partial charge on any atom is 0.331 e. The average molecular weight is 266 g/mol. The Morgan fingerprint density at radius 3 is 1.85 bits per heavy atom. The second-order valence-corrected chi connectivity index (χ2v) is 4.14. The lowest BCUT2D eigenvalue weighted by Crippen LogP contribution is -2.06. The van der Waals surface area contributed by atoms with Crippen LogP contribution in [0.2, 0.25) is 0 Å². The first-order valence-electron chi connectivity index (χ1n) is 6.17. The molecule has 2 aromatic carbocycles. The van der Waals surface area contributed by atoms with Gasteiger partial charge >= 0.3 is 5.97 Å². The van der Waals surface area contributed by atoms with Gasteiger partial charge in [-0.05, 0) is 5.56 Å². The monoisotopic (exact) mass is 266 g/mol. The summed E-state index contributed by atoms with van der Waals surface area (Å²) >= 11 is 0. The molecule has 0 aliphatic rings. The Morgan fingerprint density at radius 2 is 1.35 bits per heavy atom. The number of methoxy groups -OCH3 is 1. The molecule has 3 heteroatoms. The van der Waals surface area contributed by atoms with Crippen LogP contribution in [0.4, 0.5) is 0 Å². The molecule has 0 spiro atoms. The van der Waals surface area contributed by atoms with Gasteiger partial charge in [0.25, 0.3) is 0 Å². The molecule has 0 N–H and O–H groups in total. The number of rotatable bonds is 4. The van der Waals surface area contributed by atoms with Gasteiger partial charge in [-0.1, -0.05) is 60.7 Å². The highest BCUT2D eigenvalue weighted by Gasteiger charge is 2.15. The minimum atomic E-state index is -0.548. The van der Waals surface area contributed by atoms with Crippen LogP contribution in [0.25, 0.3) is 5.57 Å². The fraction of sp³-hybridized carbons (Fsp3) is 0.0588. The molecular formula is C17H14O3. The number of esters is 1. The third kappa shape index (κ3) is 3.20. The molecule has 0 heterocycles. The Morgan fingerprint density at radius 1 is 0.850 bits per heavy atom. The van der Waals surface area contributed by atoms with Gasteiger partial charge in [0.2, 0.25) is 0 Å². The molecule has 0 unspecified atom stereocenters. The molecule has 0 amide bonds. The number of hydrogen-bond donors (Lipinski definition) is 0. The van der Waals surface area contributed by atoms with E-state index in [1.807, 2.05) is 24.3 Å². The van der Waals surface area contributed by atoms with Gasteiger partial charge in [0.1, 0.15) is 0 Å². The van der Waals surface area contributed by atoms with Crippen molar-refractivity contribution in [1.82, 2.24) is 0 Å². The van der Waals surface area contributed by atoms with E-state index in [0.29, 0.717) is 16.7 Å². The minimum absolute atomic E-state index is 0.206. The summed E-state index contributed by atoms with van der Waals surface area (Å²) in [4.78, 5) is 24.0. The molecule has 0 radical (unpaired) electrons. The zero-order chi connectivity index (χ0) is 14.4. The fourth-order valence-electron chi connectivity index (χ4n) is 1.82. The minimum Gasteiger partial charge on any atom is -0.466 e. The van der Waals surface area contributed by atoms with E-state index in [1.54, 1.807) is 36.4 Å². The van der Waals surface area contributed by atoms with Gasteiger partial charge in [0.15, 0.2) is 5.78 Å². The summed E-state index contributed by atoms with van der Waals surface area (Å²) in [6.07, 6.45) is 1.23. The van der Waals surface area contributed by atoms with Gasteiger partial charge in [-0.25, -0.2) is 4.79 Å². The van der Waals surface area contributed by atoms with Crippen molar-refractivity contribution >= 4 is 17.3 Å². The lowest BCUT2D eigenvalue weighted by Gasteiger charge is -2.07. The van der Waals surface area contributed by atoms with Crippen LogP contribution in [-0.4, -0.2) is 18.9 Å². The van der Waals surface area contributed by atoms with E-state index in [4.69, 9.17) is 0 Å². The molecule has 20 heavy (non-hydrogen) atoms. The lowest BCUT2D eigenvalue weighted by atomic mass is 9.96. The van der Waals surface area contributed by atoms with Crippen LogP contribution in [-0.2, 0) is 9.53 Å². The molecule has 0 atom stereocenters. The van der Waals surface area contributed by atoms with Crippen LogP contribution in [0.1, 0.15) is 15.9 Å². The third-order valence-electron chi connectivity index (χ3n) is 2.83. The van der Waals surface area contributed by atoms with E-state index in [1.165, 1.54) is 13.2 Å². The van der Waals surface area contributed by atoms with Crippen LogP contribution >= 0.6 is 0 Å². The standard InChI is InChI=1S/C17H14O3/c1-20-16(18)12-15(13-8-4-2-5-9-13)17(19)14-10-6-3-7-11-14/h2-12H,1H3/b15-12-.